The molecular formula is C16H26ClFN2. The number of nitrogens with two attached hydrogens (primary N) is 1. The van der Waals surface area contributed by atoms with Crippen LogP contribution in [0.15, 0.2) is 24.3 Å². The molecule has 1 heterocycles. The maximum Gasteiger partial charge on any atom is 0.123 e. The van der Waals surface area contributed by atoms with Crippen LogP contribution in [0, 0.1) is 5.82 Å². The molecule has 1 saturated heterocycles. The van der Waals surface area contributed by atoms with E-state index in [0.717, 1.165) is 26.1 Å². The molecule has 1 aliphatic heterocycles. The molecule has 0 saturated carbocycles. The zero-order valence-electron chi connectivity index (χ0n) is 12.4. The fraction of sp³-hybridized carbons (Fsp3) is 0.625. The highest BCUT2D eigenvalue weighted by Crippen LogP contribution is 2.28. The molecule has 0 aromatic heterocycles. The van der Waals surface area contributed by atoms with Crippen molar-refractivity contribution in [3.8, 4) is 0 Å². The lowest BCUT2D eigenvalue weighted by atomic mass is 9.92. The van der Waals surface area contributed by atoms with Crippen molar-refractivity contribution in [2.24, 2.45) is 5.73 Å². The summed E-state index contributed by atoms with van der Waals surface area (Å²) in [6.07, 6.45) is 3.52. The number of benzene rings is 1. The van der Waals surface area contributed by atoms with Crippen molar-refractivity contribution < 1.29 is 4.39 Å². The molecule has 0 bridgehead atoms. The molecule has 0 amide bonds. The summed E-state index contributed by atoms with van der Waals surface area (Å²) in [6, 6.07) is 7.01. The predicted molar refractivity (Wildman–Crippen MR) is 84.9 cm³/mol. The molecule has 114 valence electrons. The predicted octanol–water partition coefficient (Wildman–Crippen LogP) is 3.55. The molecule has 1 fully saturated rings. The summed E-state index contributed by atoms with van der Waals surface area (Å²) in [6.45, 7) is 7.31. The second-order valence-corrected chi connectivity index (χ2v) is 6.44. The summed E-state index contributed by atoms with van der Waals surface area (Å²) in [4.78, 5) is 2.46. The monoisotopic (exact) mass is 300 g/mol. The third-order valence-corrected chi connectivity index (χ3v) is 3.79. The van der Waals surface area contributed by atoms with Gasteiger partial charge in [0.05, 0.1) is 0 Å². The number of likely N-dealkylation sites (tertiary alicyclic amines) is 1. The van der Waals surface area contributed by atoms with Crippen molar-refractivity contribution in [1.29, 1.82) is 0 Å². The van der Waals surface area contributed by atoms with Crippen molar-refractivity contribution >= 4 is 12.4 Å². The van der Waals surface area contributed by atoms with E-state index in [9.17, 15) is 4.39 Å². The summed E-state index contributed by atoms with van der Waals surface area (Å²) < 4.78 is 13.0. The van der Waals surface area contributed by atoms with Crippen LogP contribution < -0.4 is 5.73 Å². The van der Waals surface area contributed by atoms with Crippen molar-refractivity contribution in [2.45, 2.75) is 44.6 Å². The molecular weight excluding hydrogens is 275 g/mol. The second-order valence-electron chi connectivity index (χ2n) is 6.44. The van der Waals surface area contributed by atoms with Crippen LogP contribution in [0.4, 0.5) is 4.39 Å². The van der Waals surface area contributed by atoms with Gasteiger partial charge in [-0.2, -0.15) is 0 Å². The molecule has 20 heavy (non-hydrogen) atoms. The van der Waals surface area contributed by atoms with E-state index in [1.807, 2.05) is 12.1 Å². The Bertz CT molecular complexity index is 400. The van der Waals surface area contributed by atoms with Gasteiger partial charge in [-0.1, -0.05) is 12.1 Å². The number of hydrogen-bond donors (Lipinski definition) is 1. The molecule has 2 N–H and O–H groups in total. The van der Waals surface area contributed by atoms with Crippen LogP contribution in [0.25, 0.3) is 0 Å². The quantitative estimate of drug-likeness (QED) is 0.925. The SMILES string of the molecule is CC(C)(N)CN1CCCC(c2ccc(F)cc2)CC1.Cl. The fourth-order valence-electron chi connectivity index (χ4n) is 2.96. The van der Waals surface area contributed by atoms with Crippen LogP contribution in [0.3, 0.4) is 0 Å². The first kappa shape index (κ1) is 17.4. The molecule has 1 aromatic carbocycles. The molecule has 2 nitrogen and oxygen atoms in total. The van der Waals surface area contributed by atoms with Crippen molar-refractivity contribution in [2.75, 3.05) is 19.6 Å². The van der Waals surface area contributed by atoms with Gasteiger partial charge in [0.2, 0.25) is 0 Å². The largest absolute Gasteiger partial charge is 0.324 e. The lowest BCUT2D eigenvalue weighted by Gasteiger charge is -2.28. The van der Waals surface area contributed by atoms with Crippen LogP contribution in [0.2, 0.25) is 0 Å². The summed E-state index contributed by atoms with van der Waals surface area (Å²) >= 11 is 0. The first-order valence-corrected chi connectivity index (χ1v) is 7.21. The normalized spacial score (nSPS) is 21.1. The zero-order chi connectivity index (χ0) is 13.9. The van der Waals surface area contributed by atoms with Crippen molar-refractivity contribution in [1.82, 2.24) is 4.90 Å². The Hall–Kier alpha value is -0.640. The minimum Gasteiger partial charge on any atom is -0.324 e. The van der Waals surface area contributed by atoms with Crippen LogP contribution in [-0.2, 0) is 0 Å². The lowest BCUT2D eigenvalue weighted by molar-refractivity contribution is 0.233. The minimum absolute atomic E-state index is 0. The van der Waals surface area contributed by atoms with E-state index in [4.69, 9.17) is 5.73 Å². The van der Waals surface area contributed by atoms with Crippen LogP contribution in [0.1, 0.15) is 44.6 Å². The van der Waals surface area contributed by atoms with Gasteiger partial charge >= 0.3 is 0 Å². The van der Waals surface area contributed by atoms with Gasteiger partial charge in [0.15, 0.2) is 0 Å². The maximum absolute atomic E-state index is 13.0. The van der Waals surface area contributed by atoms with Crippen molar-refractivity contribution in [3.63, 3.8) is 0 Å². The third kappa shape index (κ3) is 5.39. The zero-order valence-corrected chi connectivity index (χ0v) is 13.3. The van der Waals surface area contributed by atoms with Crippen LogP contribution in [-0.4, -0.2) is 30.1 Å². The molecule has 0 aliphatic carbocycles. The van der Waals surface area contributed by atoms with Gasteiger partial charge in [-0.15, -0.1) is 12.4 Å². The molecule has 4 heteroatoms. The van der Waals surface area contributed by atoms with Gasteiger partial charge in [-0.05, 0) is 69.8 Å². The summed E-state index contributed by atoms with van der Waals surface area (Å²) in [5, 5.41) is 0. The average molecular weight is 301 g/mol. The van der Waals surface area contributed by atoms with E-state index in [1.165, 1.54) is 18.4 Å². The van der Waals surface area contributed by atoms with Gasteiger partial charge in [-0.25, -0.2) is 4.39 Å². The molecule has 1 aliphatic rings. The van der Waals surface area contributed by atoms with Crippen LogP contribution >= 0.6 is 12.4 Å². The summed E-state index contributed by atoms with van der Waals surface area (Å²) in [5.74, 6) is 0.412. The Labute approximate surface area is 127 Å². The Morgan fingerprint density at radius 2 is 1.85 bits per heavy atom. The highest BCUT2D eigenvalue weighted by molar-refractivity contribution is 5.85. The Morgan fingerprint density at radius 3 is 2.45 bits per heavy atom. The number of nitrogens with zero attached hydrogens (tertiary/aromatic N) is 1. The topological polar surface area (TPSA) is 29.3 Å². The van der Waals surface area contributed by atoms with E-state index in [0.29, 0.717) is 5.92 Å². The van der Waals surface area contributed by atoms with Crippen LogP contribution in [0.5, 0.6) is 0 Å². The smallest absolute Gasteiger partial charge is 0.123 e. The first-order chi connectivity index (χ1) is 8.94. The van der Waals surface area contributed by atoms with E-state index in [-0.39, 0.29) is 23.8 Å². The second kappa shape index (κ2) is 7.39. The maximum atomic E-state index is 13.0. The first-order valence-electron chi connectivity index (χ1n) is 7.21. The van der Waals surface area contributed by atoms with Gasteiger partial charge in [0.25, 0.3) is 0 Å². The van der Waals surface area contributed by atoms with E-state index in [1.54, 1.807) is 12.1 Å². The van der Waals surface area contributed by atoms with E-state index < -0.39 is 0 Å². The lowest BCUT2D eigenvalue weighted by Crippen LogP contribution is -2.45. The van der Waals surface area contributed by atoms with E-state index in [2.05, 4.69) is 18.7 Å². The minimum atomic E-state index is -0.149. The highest BCUT2D eigenvalue weighted by atomic mass is 35.5. The fourth-order valence-corrected chi connectivity index (χ4v) is 2.96. The molecule has 0 radical (unpaired) electrons. The van der Waals surface area contributed by atoms with Gasteiger partial charge in [-0.3, -0.25) is 0 Å². The van der Waals surface area contributed by atoms with Gasteiger partial charge < -0.3 is 10.6 Å². The van der Waals surface area contributed by atoms with Crippen molar-refractivity contribution in [3.05, 3.63) is 35.6 Å². The summed E-state index contributed by atoms with van der Waals surface area (Å²) in [5.41, 5.74) is 7.24. The number of rotatable bonds is 3. The summed E-state index contributed by atoms with van der Waals surface area (Å²) in [7, 11) is 0. The van der Waals surface area contributed by atoms with Gasteiger partial charge in [0.1, 0.15) is 5.82 Å². The molecule has 2 rings (SSSR count). The molecule has 1 atom stereocenters. The Kier molecular flexibility index (Phi) is 6.44. The Morgan fingerprint density at radius 1 is 1.20 bits per heavy atom. The number of hydrogen-bond acceptors (Lipinski definition) is 2. The molecule has 1 aromatic rings. The van der Waals surface area contributed by atoms with E-state index >= 15 is 0 Å². The molecule has 0 spiro atoms. The highest BCUT2D eigenvalue weighted by Gasteiger charge is 2.22. The molecule has 1 unspecified atom stereocenters. The van der Waals surface area contributed by atoms with Gasteiger partial charge in [0, 0.05) is 12.1 Å². The average Bonchev–Trinajstić information content (AvgIpc) is 2.54. The third-order valence-electron chi connectivity index (χ3n) is 3.79. The standard InChI is InChI=1S/C16H25FN2.ClH/c1-16(2,18)12-19-10-3-4-13(9-11-19)14-5-7-15(17)8-6-14;/h5-8,13H,3-4,9-12,18H2,1-2H3;1H. The number of halogens is 2. The Balaban J connectivity index is 0.00000200.